The topological polar surface area (TPSA) is 91.3 Å². The number of ether oxygens (including phenoxy) is 1. The van der Waals surface area contributed by atoms with E-state index in [1.165, 1.54) is 12.1 Å². The highest BCUT2D eigenvalue weighted by molar-refractivity contribution is 6.32. The second-order valence-corrected chi connectivity index (χ2v) is 3.89. The van der Waals surface area contributed by atoms with E-state index in [9.17, 15) is 14.5 Å². The van der Waals surface area contributed by atoms with Crippen molar-refractivity contribution in [3.8, 4) is 11.6 Å². The Hall–Kier alpha value is -2.41. The van der Waals surface area contributed by atoms with Crippen molar-refractivity contribution in [1.82, 2.24) is 4.98 Å². The number of nitrogens with zero attached hydrogens (tertiary/aromatic N) is 2. The van der Waals surface area contributed by atoms with Crippen LogP contribution in [0.2, 0.25) is 5.02 Å². The Morgan fingerprint density at radius 3 is 2.68 bits per heavy atom. The molecule has 0 amide bonds. The molecule has 2 N–H and O–H groups in total. The number of aromatic nitrogens is 1. The van der Waals surface area contributed by atoms with Crippen molar-refractivity contribution < 1.29 is 14.1 Å². The Morgan fingerprint density at radius 2 is 2.11 bits per heavy atom. The van der Waals surface area contributed by atoms with Gasteiger partial charge in [-0.25, -0.2) is 4.39 Å². The van der Waals surface area contributed by atoms with Gasteiger partial charge in [0.2, 0.25) is 11.7 Å². The predicted octanol–water partition coefficient (Wildman–Crippen LogP) is 3.16. The van der Waals surface area contributed by atoms with Crippen LogP contribution in [0.1, 0.15) is 0 Å². The first-order valence-electron chi connectivity index (χ1n) is 5.01. The Labute approximate surface area is 111 Å². The minimum Gasteiger partial charge on any atom is -0.437 e. The molecule has 0 aliphatic carbocycles. The van der Waals surface area contributed by atoms with Crippen molar-refractivity contribution >= 4 is 23.1 Å². The maximum Gasteiger partial charge on any atom is 0.311 e. The lowest BCUT2D eigenvalue weighted by atomic mass is 10.3. The van der Waals surface area contributed by atoms with Gasteiger partial charge in [0, 0.05) is 12.1 Å². The van der Waals surface area contributed by atoms with Crippen LogP contribution in [0.15, 0.2) is 30.3 Å². The summed E-state index contributed by atoms with van der Waals surface area (Å²) < 4.78 is 18.1. The summed E-state index contributed by atoms with van der Waals surface area (Å²) >= 11 is 5.77. The molecule has 1 heterocycles. The van der Waals surface area contributed by atoms with Crippen LogP contribution < -0.4 is 10.5 Å². The minimum atomic E-state index is -0.656. The van der Waals surface area contributed by atoms with Gasteiger partial charge in [-0.2, -0.15) is 4.98 Å². The number of nitrogens with two attached hydrogens (primary N) is 1. The molecule has 2 rings (SSSR count). The summed E-state index contributed by atoms with van der Waals surface area (Å²) in [6.07, 6.45) is 0. The van der Waals surface area contributed by atoms with Crippen LogP contribution >= 0.6 is 11.6 Å². The lowest BCUT2D eigenvalue weighted by Crippen LogP contribution is -1.99. The largest absolute Gasteiger partial charge is 0.437 e. The monoisotopic (exact) mass is 283 g/mol. The van der Waals surface area contributed by atoms with Gasteiger partial charge in [0.1, 0.15) is 11.6 Å². The average molecular weight is 284 g/mol. The first kappa shape index (κ1) is 13.0. The number of hydrogen-bond acceptors (Lipinski definition) is 5. The van der Waals surface area contributed by atoms with Gasteiger partial charge in [-0.05, 0) is 18.2 Å². The van der Waals surface area contributed by atoms with Crippen LogP contribution in [0.5, 0.6) is 11.6 Å². The van der Waals surface area contributed by atoms with E-state index in [1.54, 1.807) is 0 Å². The number of anilines is 1. The smallest absolute Gasteiger partial charge is 0.311 e. The number of nitrogen functional groups attached to an aromatic ring is 1. The molecule has 0 aliphatic rings. The summed E-state index contributed by atoms with van der Waals surface area (Å²) in [5, 5.41) is 10.6. The molecule has 0 fully saturated rings. The normalized spacial score (nSPS) is 10.2. The van der Waals surface area contributed by atoms with Crippen LogP contribution in [-0.4, -0.2) is 9.91 Å². The molecule has 2 aromatic rings. The van der Waals surface area contributed by atoms with Crippen molar-refractivity contribution in [2.24, 2.45) is 0 Å². The molecule has 0 unspecified atom stereocenters. The summed E-state index contributed by atoms with van der Waals surface area (Å²) in [5.74, 6) is -0.588. The third-order valence-corrected chi connectivity index (χ3v) is 2.48. The van der Waals surface area contributed by atoms with E-state index in [1.807, 2.05) is 0 Å². The van der Waals surface area contributed by atoms with Crippen LogP contribution in [0.25, 0.3) is 0 Å². The Kier molecular flexibility index (Phi) is 3.48. The van der Waals surface area contributed by atoms with Crippen molar-refractivity contribution in [3.05, 3.63) is 51.3 Å². The van der Waals surface area contributed by atoms with Crippen LogP contribution in [0.4, 0.5) is 15.9 Å². The highest BCUT2D eigenvalue weighted by Crippen LogP contribution is 2.30. The zero-order chi connectivity index (χ0) is 14.0. The van der Waals surface area contributed by atoms with Gasteiger partial charge in [0.05, 0.1) is 9.95 Å². The molecule has 0 spiro atoms. The number of nitro groups is 1. The molecule has 1 aromatic heterocycles. The molecule has 6 nitrogen and oxygen atoms in total. The molecule has 0 aliphatic heterocycles. The van der Waals surface area contributed by atoms with E-state index in [2.05, 4.69) is 4.98 Å². The average Bonchev–Trinajstić information content (AvgIpc) is 2.32. The molecular formula is C11H7ClFN3O3. The predicted molar refractivity (Wildman–Crippen MR) is 66.8 cm³/mol. The lowest BCUT2D eigenvalue weighted by Gasteiger charge is -2.07. The number of halogens is 2. The highest BCUT2D eigenvalue weighted by Gasteiger charge is 2.14. The first-order chi connectivity index (χ1) is 8.97. The molecule has 0 saturated carbocycles. The molecule has 0 bridgehead atoms. The van der Waals surface area contributed by atoms with E-state index >= 15 is 0 Å². The standard InChI is InChI=1S/C11H7ClFN3O3/c12-7-5-6(13)1-3-9(7)19-10-4-2-8(16(17)18)11(14)15-10/h1-5H,(H2,14,15). The fourth-order valence-electron chi connectivity index (χ4n) is 1.33. The molecule has 8 heteroatoms. The third kappa shape index (κ3) is 2.89. The van der Waals surface area contributed by atoms with Gasteiger partial charge in [-0.15, -0.1) is 0 Å². The summed E-state index contributed by atoms with van der Waals surface area (Å²) in [6, 6.07) is 5.99. The van der Waals surface area contributed by atoms with Crippen molar-refractivity contribution in [3.63, 3.8) is 0 Å². The van der Waals surface area contributed by atoms with Gasteiger partial charge in [-0.1, -0.05) is 11.6 Å². The minimum absolute atomic E-state index is 0.0246. The maximum atomic E-state index is 12.8. The van der Waals surface area contributed by atoms with Gasteiger partial charge in [0.15, 0.2) is 0 Å². The summed E-state index contributed by atoms with van der Waals surface area (Å²) in [7, 11) is 0. The molecule has 19 heavy (non-hydrogen) atoms. The number of pyridine rings is 1. The third-order valence-electron chi connectivity index (χ3n) is 2.18. The van der Waals surface area contributed by atoms with Gasteiger partial charge in [-0.3, -0.25) is 10.1 Å². The zero-order valence-electron chi connectivity index (χ0n) is 9.34. The van der Waals surface area contributed by atoms with Crippen molar-refractivity contribution in [1.29, 1.82) is 0 Å². The van der Waals surface area contributed by atoms with E-state index in [4.69, 9.17) is 22.1 Å². The highest BCUT2D eigenvalue weighted by atomic mass is 35.5. The SMILES string of the molecule is Nc1nc(Oc2ccc(F)cc2Cl)ccc1[N+](=O)[O-]. The fraction of sp³-hybridized carbons (Fsp3) is 0. The zero-order valence-corrected chi connectivity index (χ0v) is 10.1. The van der Waals surface area contributed by atoms with Crippen LogP contribution in [-0.2, 0) is 0 Å². The molecule has 0 radical (unpaired) electrons. The molecule has 98 valence electrons. The molecule has 1 aromatic carbocycles. The lowest BCUT2D eigenvalue weighted by molar-refractivity contribution is -0.384. The molecule has 0 saturated heterocycles. The summed E-state index contributed by atoms with van der Waals surface area (Å²) in [6.45, 7) is 0. The number of rotatable bonds is 3. The van der Waals surface area contributed by atoms with Gasteiger partial charge >= 0.3 is 5.69 Å². The molecule has 0 atom stereocenters. The molecular weight excluding hydrogens is 277 g/mol. The second kappa shape index (κ2) is 5.07. The maximum absolute atomic E-state index is 12.8. The van der Waals surface area contributed by atoms with E-state index in [0.29, 0.717) is 0 Å². The number of benzene rings is 1. The van der Waals surface area contributed by atoms with Gasteiger partial charge in [0.25, 0.3) is 0 Å². The van der Waals surface area contributed by atoms with Crippen molar-refractivity contribution in [2.75, 3.05) is 5.73 Å². The Morgan fingerprint density at radius 1 is 1.37 bits per heavy atom. The summed E-state index contributed by atoms with van der Waals surface area (Å²) in [5.41, 5.74) is 5.09. The first-order valence-corrected chi connectivity index (χ1v) is 5.39. The Bertz CT molecular complexity index is 651. The van der Waals surface area contributed by atoms with Crippen LogP contribution in [0, 0.1) is 15.9 Å². The van der Waals surface area contributed by atoms with E-state index in [-0.39, 0.29) is 28.2 Å². The Balaban J connectivity index is 2.29. The second-order valence-electron chi connectivity index (χ2n) is 3.49. The summed E-state index contributed by atoms with van der Waals surface area (Å²) in [4.78, 5) is 13.6. The van der Waals surface area contributed by atoms with E-state index in [0.717, 1.165) is 18.2 Å². The van der Waals surface area contributed by atoms with Gasteiger partial charge < -0.3 is 10.5 Å². The van der Waals surface area contributed by atoms with Crippen molar-refractivity contribution in [2.45, 2.75) is 0 Å². The number of hydrogen-bond donors (Lipinski definition) is 1. The van der Waals surface area contributed by atoms with E-state index < -0.39 is 10.7 Å². The quantitative estimate of drug-likeness (QED) is 0.690. The fourth-order valence-corrected chi connectivity index (χ4v) is 1.54. The van der Waals surface area contributed by atoms with Crippen LogP contribution in [0.3, 0.4) is 0 Å².